The van der Waals surface area contributed by atoms with Crippen LogP contribution in [0.5, 0.6) is 0 Å². The van der Waals surface area contributed by atoms with Crippen LogP contribution < -0.4 is 0 Å². The van der Waals surface area contributed by atoms with E-state index in [1.165, 1.54) is 5.39 Å². The van der Waals surface area contributed by atoms with Crippen molar-refractivity contribution in [3.63, 3.8) is 0 Å². The average Bonchev–Trinajstić information content (AvgIpc) is 3.69. The number of hydrogen-bond donors (Lipinski definition) is 0. The second-order valence-electron chi connectivity index (χ2n) is 13.4. The fourth-order valence-electron chi connectivity index (χ4n) is 7.54. The normalized spacial score (nSPS) is 13.3. The summed E-state index contributed by atoms with van der Waals surface area (Å²) in [5.41, 5.74) is 6.74. The van der Waals surface area contributed by atoms with Gasteiger partial charge in [0.1, 0.15) is 6.54 Å². The highest BCUT2D eigenvalue weighted by Crippen LogP contribution is 2.42. The van der Waals surface area contributed by atoms with Gasteiger partial charge in [0.25, 0.3) is 0 Å². The third kappa shape index (κ3) is 6.49. The number of hydrogen-bond acceptors (Lipinski definition) is 4. The van der Waals surface area contributed by atoms with E-state index in [1.54, 1.807) is 10.9 Å². The number of pyridine rings is 1. The lowest BCUT2D eigenvalue weighted by Gasteiger charge is -2.39. The minimum atomic E-state index is -0.654. The Morgan fingerprint density at radius 1 is 0.538 bits per heavy atom. The Morgan fingerprint density at radius 3 is 1.65 bits per heavy atom. The van der Waals surface area contributed by atoms with Crippen molar-refractivity contribution in [2.75, 3.05) is 26.2 Å². The summed E-state index contributed by atoms with van der Waals surface area (Å²) in [6.45, 7) is 2.09. The predicted molar refractivity (Wildman–Crippen MR) is 205 cm³/mol. The number of aromatic nitrogens is 3. The van der Waals surface area contributed by atoms with Crippen LogP contribution in [0.4, 0.5) is 0 Å². The van der Waals surface area contributed by atoms with Gasteiger partial charge in [0.05, 0.1) is 11.6 Å². The highest BCUT2D eigenvalue weighted by atomic mass is 16.2. The lowest BCUT2D eigenvalue weighted by molar-refractivity contribution is -0.140. The molecule has 1 saturated heterocycles. The van der Waals surface area contributed by atoms with Crippen LogP contribution in [0.3, 0.4) is 0 Å². The molecule has 0 bridgehead atoms. The first-order valence-electron chi connectivity index (χ1n) is 17.8. The molecule has 0 saturated carbocycles. The van der Waals surface area contributed by atoms with E-state index in [-0.39, 0.29) is 24.8 Å². The standard InChI is InChI=1S/C45H39N5O2/c51-43(28-45(38-13-4-1-5-14-38,39-15-6-2-7-16-39)40-17-8-3-9-18-40)48-24-26-49(27-25-48)44(52)33-50-32-37(30-47-50)34-20-22-35(23-21-34)42-31-46-29-36-12-10-11-19-41(36)42/h1-23,29-32H,24-28,33H2. The monoisotopic (exact) mass is 681 g/mol. The van der Waals surface area contributed by atoms with Crippen molar-refractivity contribution in [2.45, 2.75) is 18.4 Å². The van der Waals surface area contributed by atoms with Gasteiger partial charge in [-0.3, -0.25) is 19.3 Å². The van der Waals surface area contributed by atoms with Gasteiger partial charge in [-0.1, -0.05) is 140 Å². The molecule has 7 aromatic rings. The van der Waals surface area contributed by atoms with Gasteiger partial charge in [-0.25, -0.2) is 0 Å². The predicted octanol–water partition coefficient (Wildman–Crippen LogP) is 7.86. The van der Waals surface area contributed by atoms with Crippen LogP contribution >= 0.6 is 0 Å². The Hall–Kier alpha value is -6.34. The van der Waals surface area contributed by atoms with E-state index in [9.17, 15) is 9.59 Å². The van der Waals surface area contributed by atoms with Gasteiger partial charge in [-0.15, -0.1) is 0 Å². The molecule has 5 aromatic carbocycles. The summed E-state index contributed by atoms with van der Waals surface area (Å²) in [5.74, 6) is 0.0656. The van der Waals surface area contributed by atoms with Crippen molar-refractivity contribution in [1.82, 2.24) is 24.6 Å². The molecule has 0 atom stereocenters. The number of amides is 2. The van der Waals surface area contributed by atoms with Gasteiger partial charge in [-0.2, -0.15) is 5.10 Å². The van der Waals surface area contributed by atoms with Crippen LogP contribution in [0.25, 0.3) is 33.0 Å². The Bertz CT molecular complexity index is 2190. The average molecular weight is 682 g/mol. The van der Waals surface area contributed by atoms with Gasteiger partial charge in [-0.05, 0) is 33.2 Å². The highest BCUT2D eigenvalue weighted by Gasteiger charge is 2.40. The van der Waals surface area contributed by atoms with Crippen LogP contribution in [0.2, 0.25) is 0 Å². The smallest absolute Gasteiger partial charge is 0.244 e. The molecule has 3 heterocycles. The molecule has 2 amide bonds. The first-order valence-corrected chi connectivity index (χ1v) is 17.8. The molecule has 0 spiro atoms. The van der Waals surface area contributed by atoms with Crippen molar-refractivity contribution in [1.29, 1.82) is 0 Å². The minimum Gasteiger partial charge on any atom is -0.339 e. The van der Waals surface area contributed by atoms with Gasteiger partial charge < -0.3 is 9.80 Å². The van der Waals surface area contributed by atoms with E-state index >= 15 is 0 Å². The number of nitrogens with zero attached hydrogens (tertiary/aromatic N) is 5. The quantitative estimate of drug-likeness (QED) is 0.146. The summed E-state index contributed by atoms with van der Waals surface area (Å²) < 4.78 is 1.70. The first-order chi connectivity index (χ1) is 25.6. The Balaban J connectivity index is 0.927. The number of carbonyl (C=O) groups excluding carboxylic acids is 2. The van der Waals surface area contributed by atoms with Crippen molar-refractivity contribution < 1.29 is 9.59 Å². The van der Waals surface area contributed by atoms with E-state index in [4.69, 9.17) is 0 Å². The fraction of sp³-hybridized carbons (Fsp3) is 0.156. The number of rotatable bonds is 9. The maximum absolute atomic E-state index is 14.2. The third-order valence-corrected chi connectivity index (χ3v) is 10.3. The summed E-state index contributed by atoms with van der Waals surface area (Å²) in [5, 5.41) is 6.79. The number of fused-ring (bicyclic) bond motifs is 1. The van der Waals surface area contributed by atoms with Gasteiger partial charge >= 0.3 is 0 Å². The van der Waals surface area contributed by atoms with E-state index in [0.29, 0.717) is 26.2 Å². The van der Waals surface area contributed by atoms with Crippen molar-refractivity contribution in [3.05, 3.63) is 181 Å². The maximum atomic E-state index is 14.2. The topological polar surface area (TPSA) is 71.3 Å². The van der Waals surface area contributed by atoms with E-state index in [0.717, 1.165) is 44.3 Å². The van der Waals surface area contributed by atoms with Crippen molar-refractivity contribution in [3.8, 4) is 22.3 Å². The Kier molecular flexibility index (Phi) is 9.15. The number of carbonyl (C=O) groups is 2. The summed E-state index contributed by atoms with van der Waals surface area (Å²) >= 11 is 0. The van der Waals surface area contributed by atoms with E-state index in [1.807, 2.05) is 95.1 Å². The molecule has 7 nitrogen and oxygen atoms in total. The molecule has 7 heteroatoms. The molecule has 0 unspecified atom stereocenters. The summed E-state index contributed by atoms with van der Waals surface area (Å²) in [7, 11) is 0. The molecular weight excluding hydrogens is 643 g/mol. The molecule has 1 aliphatic rings. The summed E-state index contributed by atoms with van der Waals surface area (Å²) in [6.07, 6.45) is 7.80. The SMILES string of the molecule is O=C(Cn1cc(-c2ccc(-c3cncc4ccccc34)cc2)cn1)N1CCN(C(=O)CC(c2ccccc2)(c2ccccc2)c2ccccc2)CC1. The van der Waals surface area contributed by atoms with Crippen LogP contribution in [0.15, 0.2) is 164 Å². The van der Waals surface area contributed by atoms with Crippen LogP contribution in [0.1, 0.15) is 23.1 Å². The second kappa shape index (κ2) is 14.5. The fourth-order valence-corrected chi connectivity index (χ4v) is 7.54. The lowest BCUT2D eigenvalue weighted by atomic mass is 9.67. The Morgan fingerprint density at radius 2 is 1.06 bits per heavy atom. The van der Waals surface area contributed by atoms with Crippen molar-refractivity contribution >= 4 is 22.6 Å². The van der Waals surface area contributed by atoms with E-state index < -0.39 is 5.41 Å². The first kappa shape index (κ1) is 32.8. The molecule has 1 fully saturated rings. The molecular formula is C45H39N5O2. The molecule has 8 rings (SSSR count). The molecule has 2 aromatic heterocycles. The van der Waals surface area contributed by atoms with Gasteiger partial charge in [0.2, 0.25) is 11.8 Å². The minimum absolute atomic E-state index is 0.00671. The van der Waals surface area contributed by atoms with E-state index in [2.05, 4.69) is 82.9 Å². The van der Waals surface area contributed by atoms with Gasteiger partial charge in [0, 0.05) is 67.7 Å². The second-order valence-corrected chi connectivity index (χ2v) is 13.4. The summed E-state index contributed by atoms with van der Waals surface area (Å²) in [6, 6.07) is 47.6. The molecule has 0 aliphatic carbocycles. The zero-order valence-corrected chi connectivity index (χ0v) is 28.9. The number of piperazine rings is 1. The highest BCUT2D eigenvalue weighted by molar-refractivity contribution is 5.96. The molecule has 52 heavy (non-hydrogen) atoms. The van der Waals surface area contributed by atoms with Crippen molar-refractivity contribution in [2.24, 2.45) is 0 Å². The molecule has 256 valence electrons. The van der Waals surface area contributed by atoms with Crippen LogP contribution in [-0.2, 0) is 21.5 Å². The van der Waals surface area contributed by atoms with Gasteiger partial charge in [0.15, 0.2) is 0 Å². The van der Waals surface area contributed by atoms with Crippen LogP contribution in [0, 0.1) is 0 Å². The lowest BCUT2D eigenvalue weighted by Crippen LogP contribution is -2.52. The largest absolute Gasteiger partial charge is 0.339 e. The molecule has 1 aliphatic heterocycles. The number of benzene rings is 5. The summed E-state index contributed by atoms with van der Waals surface area (Å²) in [4.78, 5) is 35.8. The third-order valence-electron chi connectivity index (χ3n) is 10.3. The molecule has 0 N–H and O–H groups in total. The van der Waals surface area contributed by atoms with Crippen LogP contribution in [-0.4, -0.2) is 62.6 Å². The Labute approximate surface area is 303 Å². The zero-order valence-electron chi connectivity index (χ0n) is 28.9. The maximum Gasteiger partial charge on any atom is 0.244 e. The molecule has 0 radical (unpaired) electrons. The zero-order chi connectivity index (χ0) is 35.3.